The average Bonchev–Trinajstić information content (AvgIpc) is 2.28. The summed E-state index contributed by atoms with van der Waals surface area (Å²) < 4.78 is 0. The molecule has 0 amide bonds. The first-order valence-electron chi connectivity index (χ1n) is 5.72. The van der Waals surface area contributed by atoms with Gasteiger partial charge in [0, 0.05) is 18.0 Å². The van der Waals surface area contributed by atoms with Gasteiger partial charge in [0.15, 0.2) is 0 Å². The SMILES string of the molecule is CC(c1ccccc1O)N(C)CCCC(=O)O. The lowest BCUT2D eigenvalue weighted by Gasteiger charge is -2.25. The van der Waals surface area contributed by atoms with Crippen LogP contribution in [0.15, 0.2) is 24.3 Å². The van der Waals surface area contributed by atoms with E-state index in [1.807, 2.05) is 31.0 Å². The summed E-state index contributed by atoms with van der Waals surface area (Å²) in [6.07, 6.45) is 0.793. The molecule has 1 atom stereocenters. The van der Waals surface area contributed by atoms with Crippen molar-refractivity contribution in [3.05, 3.63) is 29.8 Å². The van der Waals surface area contributed by atoms with Gasteiger partial charge >= 0.3 is 5.97 Å². The van der Waals surface area contributed by atoms with Gasteiger partial charge in [-0.1, -0.05) is 18.2 Å². The third-order valence-corrected chi connectivity index (χ3v) is 2.95. The molecular weight excluding hydrogens is 218 g/mol. The minimum absolute atomic E-state index is 0.0741. The topological polar surface area (TPSA) is 60.8 Å². The van der Waals surface area contributed by atoms with Crippen LogP contribution in [-0.4, -0.2) is 34.7 Å². The van der Waals surface area contributed by atoms with Crippen LogP contribution in [-0.2, 0) is 4.79 Å². The van der Waals surface area contributed by atoms with Crippen LogP contribution in [0.2, 0.25) is 0 Å². The van der Waals surface area contributed by atoms with E-state index in [0.717, 1.165) is 5.56 Å². The number of aliphatic carboxylic acids is 1. The molecular formula is C13H19NO3. The molecule has 0 fully saturated rings. The van der Waals surface area contributed by atoms with Crippen molar-refractivity contribution < 1.29 is 15.0 Å². The Bertz CT molecular complexity index is 379. The summed E-state index contributed by atoms with van der Waals surface area (Å²) in [4.78, 5) is 12.5. The number of carboxylic acids is 1. The molecule has 1 unspecified atom stereocenters. The number of para-hydroxylation sites is 1. The van der Waals surface area contributed by atoms with Gasteiger partial charge in [0.2, 0.25) is 0 Å². The molecule has 0 saturated carbocycles. The Morgan fingerprint density at radius 1 is 1.41 bits per heavy atom. The molecule has 0 aliphatic heterocycles. The first kappa shape index (κ1) is 13.5. The van der Waals surface area contributed by atoms with E-state index in [4.69, 9.17) is 5.11 Å². The second kappa shape index (κ2) is 6.25. The zero-order chi connectivity index (χ0) is 12.8. The van der Waals surface area contributed by atoms with Crippen LogP contribution in [0.3, 0.4) is 0 Å². The first-order valence-corrected chi connectivity index (χ1v) is 5.72. The van der Waals surface area contributed by atoms with Crippen molar-refractivity contribution >= 4 is 5.97 Å². The van der Waals surface area contributed by atoms with Crippen LogP contribution >= 0.6 is 0 Å². The predicted octanol–water partition coefficient (Wildman–Crippen LogP) is 2.25. The highest BCUT2D eigenvalue weighted by Crippen LogP contribution is 2.27. The lowest BCUT2D eigenvalue weighted by Crippen LogP contribution is -2.24. The van der Waals surface area contributed by atoms with Crippen LogP contribution in [0.4, 0.5) is 0 Å². The maximum absolute atomic E-state index is 10.4. The van der Waals surface area contributed by atoms with E-state index in [1.165, 1.54) is 0 Å². The van der Waals surface area contributed by atoms with Gasteiger partial charge in [-0.25, -0.2) is 0 Å². The van der Waals surface area contributed by atoms with Crippen molar-refractivity contribution in [1.82, 2.24) is 4.90 Å². The molecule has 0 aliphatic rings. The van der Waals surface area contributed by atoms with Gasteiger partial charge in [0.25, 0.3) is 0 Å². The Morgan fingerprint density at radius 2 is 2.06 bits per heavy atom. The average molecular weight is 237 g/mol. The molecule has 0 aliphatic carbocycles. The summed E-state index contributed by atoms with van der Waals surface area (Å²) in [5.74, 6) is -0.487. The number of phenols is 1. The molecule has 0 spiro atoms. The standard InChI is InChI=1S/C13H19NO3/c1-10(11-6-3-4-7-12(11)15)14(2)9-5-8-13(16)17/h3-4,6-7,10,15H,5,8-9H2,1-2H3,(H,16,17). The number of carboxylic acid groups (broad SMARTS) is 1. The van der Waals surface area contributed by atoms with Crippen LogP contribution in [0.1, 0.15) is 31.4 Å². The highest BCUT2D eigenvalue weighted by molar-refractivity contribution is 5.66. The first-order chi connectivity index (χ1) is 8.02. The molecule has 94 valence electrons. The summed E-state index contributed by atoms with van der Waals surface area (Å²) in [6, 6.07) is 7.29. The monoisotopic (exact) mass is 237 g/mol. The minimum Gasteiger partial charge on any atom is -0.508 e. The van der Waals surface area contributed by atoms with Crippen molar-refractivity contribution in [2.75, 3.05) is 13.6 Å². The number of hydrogen-bond acceptors (Lipinski definition) is 3. The van der Waals surface area contributed by atoms with Crippen LogP contribution in [0, 0.1) is 0 Å². The Hall–Kier alpha value is -1.55. The molecule has 1 aromatic rings. The van der Waals surface area contributed by atoms with Crippen molar-refractivity contribution in [2.45, 2.75) is 25.8 Å². The summed E-state index contributed by atoms with van der Waals surface area (Å²) in [5.41, 5.74) is 0.866. The Balaban J connectivity index is 2.55. The maximum atomic E-state index is 10.4. The lowest BCUT2D eigenvalue weighted by atomic mass is 10.1. The molecule has 4 heteroatoms. The van der Waals surface area contributed by atoms with Crippen molar-refractivity contribution in [3.63, 3.8) is 0 Å². The van der Waals surface area contributed by atoms with Crippen molar-refractivity contribution in [2.24, 2.45) is 0 Å². The van der Waals surface area contributed by atoms with Crippen molar-refractivity contribution in [1.29, 1.82) is 0 Å². The number of carbonyl (C=O) groups is 1. The summed E-state index contributed by atoms with van der Waals surface area (Å²) in [6.45, 7) is 2.69. The number of phenolic OH excluding ortho intramolecular Hbond substituents is 1. The molecule has 0 heterocycles. The van der Waals surface area contributed by atoms with Gasteiger partial charge < -0.3 is 10.2 Å². The molecule has 0 aromatic heterocycles. The van der Waals surface area contributed by atoms with Gasteiger partial charge in [-0.2, -0.15) is 0 Å². The van der Waals surface area contributed by atoms with Crippen LogP contribution < -0.4 is 0 Å². The highest BCUT2D eigenvalue weighted by atomic mass is 16.4. The number of hydrogen-bond donors (Lipinski definition) is 2. The van der Waals surface area contributed by atoms with Gasteiger partial charge in [0.05, 0.1) is 0 Å². The molecule has 2 N–H and O–H groups in total. The summed E-state index contributed by atoms with van der Waals surface area (Å²) in [7, 11) is 1.93. The largest absolute Gasteiger partial charge is 0.508 e. The second-order valence-corrected chi connectivity index (χ2v) is 4.21. The Kier molecular flexibility index (Phi) is 4.97. The van der Waals surface area contributed by atoms with E-state index in [2.05, 4.69) is 0 Å². The number of aromatic hydroxyl groups is 1. The van der Waals surface area contributed by atoms with E-state index in [1.54, 1.807) is 12.1 Å². The molecule has 0 bridgehead atoms. The smallest absolute Gasteiger partial charge is 0.303 e. The molecule has 0 radical (unpaired) electrons. The molecule has 1 aromatic carbocycles. The molecule has 0 saturated heterocycles. The minimum atomic E-state index is -0.770. The third-order valence-electron chi connectivity index (χ3n) is 2.95. The summed E-state index contributed by atoms with van der Waals surface area (Å²) in [5, 5.41) is 18.3. The second-order valence-electron chi connectivity index (χ2n) is 4.21. The maximum Gasteiger partial charge on any atom is 0.303 e. The van der Waals surface area contributed by atoms with E-state index in [9.17, 15) is 9.90 Å². The molecule has 17 heavy (non-hydrogen) atoms. The summed E-state index contributed by atoms with van der Waals surface area (Å²) >= 11 is 0. The van der Waals surface area contributed by atoms with Gasteiger partial charge in [-0.15, -0.1) is 0 Å². The highest BCUT2D eigenvalue weighted by Gasteiger charge is 2.14. The van der Waals surface area contributed by atoms with Crippen LogP contribution in [0.5, 0.6) is 5.75 Å². The number of nitrogens with zero attached hydrogens (tertiary/aromatic N) is 1. The quantitative estimate of drug-likeness (QED) is 0.796. The lowest BCUT2D eigenvalue weighted by molar-refractivity contribution is -0.137. The van der Waals surface area contributed by atoms with Gasteiger partial charge in [-0.05, 0) is 33.0 Å². The predicted molar refractivity (Wildman–Crippen MR) is 66.0 cm³/mol. The van der Waals surface area contributed by atoms with Crippen molar-refractivity contribution in [3.8, 4) is 5.75 Å². The van der Waals surface area contributed by atoms with Crippen LogP contribution in [0.25, 0.3) is 0 Å². The van der Waals surface area contributed by atoms with Gasteiger partial charge in [-0.3, -0.25) is 9.69 Å². The fraction of sp³-hybridized carbons (Fsp3) is 0.462. The Morgan fingerprint density at radius 3 is 2.65 bits per heavy atom. The normalized spacial score (nSPS) is 12.6. The third kappa shape index (κ3) is 4.07. The number of benzene rings is 1. The molecule has 4 nitrogen and oxygen atoms in total. The zero-order valence-electron chi connectivity index (χ0n) is 10.3. The van der Waals surface area contributed by atoms with E-state index < -0.39 is 5.97 Å². The fourth-order valence-electron chi connectivity index (χ4n) is 1.75. The van der Waals surface area contributed by atoms with E-state index in [-0.39, 0.29) is 18.2 Å². The Labute approximate surface area is 101 Å². The number of rotatable bonds is 6. The fourth-order valence-corrected chi connectivity index (χ4v) is 1.75. The van der Waals surface area contributed by atoms with Gasteiger partial charge in [0.1, 0.15) is 5.75 Å². The van der Waals surface area contributed by atoms with E-state index >= 15 is 0 Å². The zero-order valence-corrected chi connectivity index (χ0v) is 10.3. The van der Waals surface area contributed by atoms with E-state index in [0.29, 0.717) is 13.0 Å². The molecule has 1 rings (SSSR count).